The quantitative estimate of drug-likeness (QED) is 0.855. The third kappa shape index (κ3) is 2.98. The summed E-state index contributed by atoms with van der Waals surface area (Å²) < 4.78 is 5.60. The van der Waals surface area contributed by atoms with Crippen molar-refractivity contribution >= 4 is 5.91 Å². The number of nitrogens with one attached hydrogen (secondary N) is 1. The standard InChI is InChI=1S/C13H19N3O2/c1-10-8-15-6-7-16(10)13(17)11(2)18-12-4-3-5-14-9-12/h3-5,9-11,15H,6-8H2,1-2H3/t10-,11?/m0/s1. The summed E-state index contributed by atoms with van der Waals surface area (Å²) >= 11 is 0. The van der Waals surface area contributed by atoms with E-state index >= 15 is 0 Å². The Balaban J connectivity index is 1.96. The molecule has 1 aromatic rings. The molecule has 5 heteroatoms. The summed E-state index contributed by atoms with van der Waals surface area (Å²) in [6.07, 6.45) is 2.82. The maximum Gasteiger partial charge on any atom is 0.263 e. The number of pyridine rings is 1. The van der Waals surface area contributed by atoms with Crippen LogP contribution in [0.1, 0.15) is 13.8 Å². The van der Waals surface area contributed by atoms with Crippen molar-refractivity contribution in [1.29, 1.82) is 0 Å². The minimum atomic E-state index is -0.477. The number of rotatable bonds is 3. The van der Waals surface area contributed by atoms with Gasteiger partial charge in [-0.3, -0.25) is 9.78 Å². The van der Waals surface area contributed by atoms with Gasteiger partial charge in [-0.2, -0.15) is 0 Å². The van der Waals surface area contributed by atoms with Gasteiger partial charge >= 0.3 is 0 Å². The van der Waals surface area contributed by atoms with Crippen LogP contribution in [0.15, 0.2) is 24.5 Å². The van der Waals surface area contributed by atoms with E-state index < -0.39 is 6.10 Å². The Kier molecular flexibility index (Phi) is 4.15. The molecule has 0 bridgehead atoms. The molecule has 1 aliphatic heterocycles. The molecule has 2 rings (SSSR count). The molecule has 2 atom stereocenters. The zero-order valence-corrected chi connectivity index (χ0v) is 10.8. The Labute approximate surface area is 107 Å². The Morgan fingerprint density at radius 1 is 1.67 bits per heavy atom. The third-order valence-electron chi connectivity index (χ3n) is 3.08. The van der Waals surface area contributed by atoms with E-state index in [0.29, 0.717) is 5.75 Å². The largest absolute Gasteiger partial charge is 0.479 e. The number of piperazine rings is 1. The van der Waals surface area contributed by atoms with E-state index in [1.807, 2.05) is 11.8 Å². The smallest absolute Gasteiger partial charge is 0.263 e. The molecule has 1 saturated heterocycles. The minimum absolute atomic E-state index is 0.0350. The highest BCUT2D eigenvalue weighted by molar-refractivity contribution is 5.81. The first kappa shape index (κ1) is 12.8. The van der Waals surface area contributed by atoms with E-state index in [0.717, 1.165) is 19.6 Å². The molecule has 0 saturated carbocycles. The van der Waals surface area contributed by atoms with Gasteiger partial charge in [0.05, 0.1) is 6.20 Å². The van der Waals surface area contributed by atoms with Crippen LogP contribution >= 0.6 is 0 Å². The summed E-state index contributed by atoms with van der Waals surface area (Å²) in [4.78, 5) is 18.1. The SMILES string of the molecule is CC(Oc1cccnc1)C(=O)N1CCNC[C@@H]1C. The third-order valence-corrected chi connectivity index (χ3v) is 3.08. The number of hydrogen-bond donors (Lipinski definition) is 1. The Bertz CT molecular complexity index is 396. The van der Waals surface area contributed by atoms with Crippen molar-refractivity contribution < 1.29 is 9.53 Å². The number of carbonyl (C=O) groups excluding carboxylic acids is 1. The lowest BCUT2D eigenvalue weighted by Gasteiger charge is -2.35. The topological polar surface area (TPSA) is 54.5 Å². The average Bonchev–Trinajstić information content (AvgIpc) is 2.39. The summed E-state index contributed by atoms with van der Waals surface area (Å²) in [5.74, 6) is 0.661. The molecule has 5 nitrogen and oxygen atoms in total. The maximum atomic E-state index is 12.3. The van der Waals surface area contributed by atoms with Crippen molar-refractivity contribution in [2.24, 2.45) is 0 Å². The zero-order chi connectivity index (χ0) is 13.0. The fourth-order valence-electron chi connectivity index (χ4n) is 2.07. The second kappa shape index (κ2) is 5.82. The normalized spacial score (nSPS) is 21.4. The van der Waals surface area contributed by atoms with Crippen LogP contribution in [-0.2, 0) is 4.79 Å². The van der Waals surface area contributed by atoms with Crippen molar-refractivity contribution in [3.8, 4) is 5.75 Å². The molecule has 0 spiro atoms. The molecule has 1 aliphatic rings. The van der Waals surface area contributed by atoms with Crippen molar-refractivity contribution in [1.82, 2.24) is 15.2 Å². The lowest BCUT2D eigenvalue weighted by atomic mass is 10.2. The van der Waals surface area contributed by atoms with Crippen LogP contribution in [0.3, 0.4) is 0 Å². The van der Waals surface area contributed by atoms with Crippen LogP contribution in [-0.4, -0.2) is 47.6 Å². The first-order chi connectivity index (χ1) is 8.68. The molecule has 0 aromatic carbocycles. The molecule has 18 heavy (non-hydrogen) atoms. The molecular formula is C13H19N3O2. The molecule has 1 aromatic heterocycles. The number of amides is 1. The summed E-state index contributed by atoms with van der Waals surface area (Å²) in [7, 11) is 0. The van der Waals surface area contributed by atoms with Crippen LogP contribution in [0, 0.1) is 0 Å². The van der Waals surface area contributed by atoms with Gasteiger partial charge in [-0.25, -0.2) is 0 Å². The van der Waals surface area contributed by atoms with Gasteiger partial charge in [0.15, 0.2) is 6.10 Å². The molecular weight excluding hydrogens is 230 g/mol. The fourth-order valence-corrected chi connectivity index (χ4v) is 2.07. The van der Waals surface area contributed by atoms with Gasteiger partial charge in [0, 0.05) is 31.9 Å². The molecule has 1 amide bonds. The van der Waals surface area contributed by atoms with Crippen LogP contribution in [0.5, 0.6) is 5.75 Å². The number of carbonyl (C=O) groups is 1. The zero-order valence-electron chi connectivity index (χ0n) is 10.8. The fraction of sp³-hybridized carbons (Fsp3) is 0.538. The number of hydrogen-bond acceptors (Lipinski definition) is 4. The molecule has 1 unspecified atom stereocenters. The van der Waals surface area contributed by atoms with E-state index in [-0.39, 0.29) is 11.9 Å². The van der Waals surface area contributed by atoms with Crippen LogP contribution in [0.4, 0.5) is 0 Å². The highest BCUT2D eigenvalue weighted by Crippen LogP contribution is 2.12. The monoisotopic (exact) mass is 249 g/mol. The number of aromatic nitrogens is 1. The highest BCUT2D eigenvalue weighted by Gasteiger charge is 2.27. The van der Waals surface area contributed by atoms with Crippen molar-refractivity contribution in [3.63, 3.8) is 0 Å². The lowest BCUT2D eigenvalue weighted by molar-refractivity contribution is -0.140. The molecule has 0 aliphatic carbocycles. The average molecular weight is 249 g/mol. The summed E-state index contributed by atoms with van der Waals surface area (Å²) in [5, 5.41) is 3.26. The molecule has 98 valence electrons. The van der Waals surface area contributed by atoms with E-state index in [9.17, 15) is 4.79 Å². The van der Waals surface area contributed by atoms with Crippen molar-refractivity contribution in [2.45, 2.75) is 26.0 Å². The van der Waals surface area contributed by atoms with Gasteiger partial charge in [0.2, 0.25) is 0 Å². The second-order valence-electron chi connectivity index (χ2n) is 4.53. The van der Waals surface area contributed by atoms with E-state index in [2.05, 4.69) is 10.3 Å². The molecule has 0 radical (unpaired) electrons. The first-order valence-corrected chi connectivity index (χ1v) is 6.26. The lowest BCUT2D eigenvalue weighted by Crippen LogP contribution is -2.55. The van der Waals surface area contributed by atoms with Gasteiger partial charge in [-0.15, -0.1) is 0 Å². The molecule has 1 fully saturated rings. The highest BCUT2D eigenvalue weighted by atomic mass is 16.5. The van der Waals surface area contributed by atoms with Gasteiger partial charge in [0.25, 0.3) is 5.91 Å². The second-order valence-corrected chi connectivity index (χ2v) is 4.53. The van der Waals surface area contributed by atoms with E-state index in [4.69, 9.17) is 4.74 Å². The van der Waals surface area contributed by atoms with E-state index in [1.54, 1.807) is 31.5 Å². The Morgan fingerprint density at radius 3 is 3.17 bits per heavy atom. The van der Waals surface area contributed by atoms with Crippen LogP contribution in [0.25, 0.3) is 0 Å². The molecule has 2 heterocycles. The molecule has 1 N–H and O–H groups in total. The number of nitrogens with zero attached hydrogens (tertiary/aromatic N) is 2. The minimum Gasteiger partial charge on any atom is -0.479 e. The van der Waals surface area contributed by atoms with Gasteiger partial charge < -0.3 is 15.0 Å². The maximum absolute atomic E-state index is 12.3. The van der Waals surface area contributed by atoms with Gasteiger partial charge in [-0.1, -0.05) is 0 Å². The van der Waals surface area contributed by atoms with Crippen molar-refractivity contribution in [3.05, 3.63) is 24.5 Å². The predicted octanol–water partition coefficient (Wildman–Crippen LogP) is 0.669. The van der Waals surface area contributed by atoms with Gasteiger partial charge in [0.1, 0.15) is 5.75 Å². The predicted molar refractivity (Wildman–Crippen MR) is 68.4 cm³/mol. The summed E-state index contributed by atoms with van der Waals surface area (Å²) in [5.41, 5.74) is 0. The number of ether oxygens (including phenoxy) is 1. The van der Waals surface area contributed by atoms with Gasteiger partial charge in [-0.05, 0) is 26.0 Å². The Hall–Kier alpha value is -1.62. The summed E-state index contributed by atoms with van der Waals surface area (Å²) in [6, 6.07) is 3.81. The van der Waals surface area contributed by atoms with E-state index in [1.165, 1.54) is 0 Å². The van der Waals surface area contributed by atoms with Crippen LogP contribution < -0.4 is 10.1 Å². The Morgan fingerprint density at radius 2 is 2.50 bits per heavy atom. The van der Waals surface area contributed by atoms with Crippen LogP contribution in [0.2, 0.25) is 0 Å². The first-order valence-electron chi connectivity index (χ1n) is 6.26. The van der Waals surface area contributed by atoms with Crippen molar-refractivity contribution in [2.75, 3.05) is 19.6 Å². The summed E-state index contributed by atoms with van der Waals surface area (Å²) in [6.45, 7) is 6.24.